The van der Waals surface area contributed by atoms with Gasteiger partial charge in [-0.3, -0.25) is 9.52 Å². The van der Waals surface area contributed by atoms with Gasteiger partial charge in [0.25, 0.3) is 10.0 Å². The summed E-state index contributed by atoms with van der Waals surface area (Å²) in [4.78, 5) is 13.9. The van der Waals surface area contributed by atoms with Crippen LogP contribution in [-0.2, 0) is 14.8 Å². The lowest BCUT2D eigenvalue weighted by Gasteiger charge is -2.28. The Morgan fingerprint density at radius 1 is 1.15 bits per heavy atom. The third-order valence-electron chi connectivity index (χ3n) is 4.50. The smallest absolute Gasteiger partial charge is 0.261 e. The van der Waals surface area contributed by atoms with Gasteiger partial charge in [-0.2, -0.15) is 0 Å². The maximum atomic E-state index is 12.6. The summed E-state index contributed by atoms with van der Waals surface area (Å²) in [7, 11) is -2.33. The number of amides is 1. The van der Waals surface area contributed by atoms with Gasteiger partial charge in [0.2, 0.25) is 5.91 Å². The number of anilines is 2. The van der Waals surface area contributed by atoms with Crippen LogP contribution in [0.5, 0.6) is 5.75 Å². The molecule has 1 heterocycles. The monoisotopic (exact) mass is 408 g/mol. The number of carbonyl (C=O) groups excluding carboxylic acids is 1. The van der Waals surface area contributed by atoms with Gasteiger partial charge in [0, 0.05) is 24.3 Å². The number of methoxy groups -OCH3 is 1. The van der Waals surface area contributed by atoms with Crippen molar-refractivity contribution in [2.75, 3.05) is 23.3 Å². The van der Waals surface area contributed by atoms with E-state index < -0.39 is 10.0 Å². The Kier molecular flexibility index (Phi) is 5.62. The summed E-state index contributed by atoms with van der Waals surface area (Å²) in [6.07, 6.45) is 2.43. The fourth-order valence-electron chi connectivity index (χ4n) is 3.11. The molecule has 0 aliphatic carbocycles. The highest BCUT2D eigenvalue weighted by atomic mass is 35.5. The lowest BCUT2D eigenvalue weighted by atomic mass is 10.1. The summed E-state index contributed by atoms with van der Waals surface area (Å²) in [5, 5.41) is 0.218. The molecule has 1 aliphatic heterocycles. The van der Waals surface area contributed by atoms with Crippen LogP contribution < -0.4 is 14.4 Å². The molecular formula is C19H21ClN2O4S. The number of carbonyl (C=O) groups is 1. The first-order valence-electron chi connectivity index (χ1n) is 8.59. The minimum absolute atomic E-state index is 0.0428. The van der Waals surface area contributed by atoms with Crippen LogP contribution in [0.3, 0.4) is 0 Å². The van der Waals surface area contributed by atoms with Crippen molar-refractivity contribution in [3.8, 4) is 5.75 Å². The van der Waals surface area contributed by atoms with Crippen molar-refractivity contribution in [2.24, 2.45) is 0 Å². The largest absolute Gasteiger partial charge is 0.495 e. The molecule has 0 radical (unpaired) electrons. The molecule has 1 amide bonds. The number of benzene rings is 2. The first-order valence-corrected chi connectivity index (χ1v) is 10.5. The molecule has 2 aromatic rings. The zero-order valence-electron chi connectivity index (χ0n) is 15.2. The number of ether oxygens (including phenoxy) is 1. The molecule has 27 heavy (non-hydrogen) atoms. The van der Waals surface area contributed by atoms with Crippen molar-refractivity contribution >= 4 is 38.9 Å². The molecule has 2 aromatic carbocycles. The first-order chi connectivity index (χ1) is 12.8. The van der Waals surface area contributed by atoms with Gasteiger partial charge >= 0.3 is 0 Å². The number of hydrogen-bond donors (Lipinski definition) is 1. The summed E-state index contributed by atoms with van der Waals surface area (Å²) in [6.45, 7) is 2.55. The van der Waals surface area contributed by atoms with Crippen LogP contribution in [0.1, 0.15) is 24.8 Å². The molecule has 0 saturated carbocycles. The normalized spacial score (nSPS) is 14.9. The van der Waals surface area contributed by atoms with Crippen LogP contribution in [0.15, 0.2) is 41.3 Å². The molecule has 0 unspecified atom stereocenters. The summed E-state index contributed by atoms with van der Waals surface area (Å²) < 4.78 is 32.9. The molecule has 1 N–H and O–H groups in total. The molecule has 1 saturated heterocycles. The maximum absolute atomic E-state index is 12.6. The molecule has 1 fully saturated rings. The maximum Gasteiger partial charge on any atom is 0.261 e. The average molecular weight is 409 g/mol. The standard InChI is InChI=1S/C19H21ClN2O4S/c1-13-11-14(6-8-17(13)22-10-4-3-5-19(22)23)21-27(24,25)15-7-9-18(26-2)16(20)12-15/h6-9,11-12,21H,3-5,10H2,1-2H3. The Morgan fingerprint density at radius 2 is 1.93 bits per heavy atom. The third-order valence-corrected chi connectivity index (χ3v) is 6.17. The van der Waals surface area contributed by atoms with E-state index in [2.05, 4.69) is 4.72 Å². The fourth-order valence-corrected chi connectivity index (χ4v) is 4.51. The highest BCUT2D eigenvalue weighted by Crippen LogP contribution is 2.30. The minimum atomic E-state index is -3.80. The van der Waals surface area contributed by atoms with Gasteiger partial charge < -0.3 is 9.64 Å². The third kappa shape index (κ3) is 4.20. The molecule has 0 aromatic heterocycles. The van der Waals surface area contributed by atoms with E-state index in [0.29, 0.717) is 24.4 Å². The number of hydrogen-bond acceptors (Lipinski definition) is 4. The van der Waals surface area contributed by atoms with Gasteiger partial charge in [0.05, 0.1) is 17.0 Å². The van der Waals surface area contributed by atoms with E-state index in [0.717, 1.165) is 24.1 Å². The topological polar surface area (TPSA) is 75.7 Å². The zero-order chi connectivity index (χ0) is 19.6. The molecule has 8 heteroatoms. The molecule has 3 rings (SSSR count). The van der Waals surface area contributed by atoms with Crippen molar-refractivity contribution < 1.29 is 17.9 Å². The Hall–Kier alpha value is -2.25. The van der Waals surface area contributed by atoms with Crippen LogP contribution in [0.4, 0.5) is 11.4 Å². The second-order valence-corrected chi connectivity index (χ2v) is 8.50. The van der Waals surface area contributed by atoms with E-state index >= 15 is 0 Å². The lowest BCUT2D eigenvalue weighted by Crippen LogP contribution is -2.35. The van der Waals surface area contributed by atoms with E-state index in [1.54, 1.807) is 23.1 Å². The Balaban J connectivity index is 1.84. The predicted octanol–water partition coefficient (Wildman–Crippen LogP) is 3.97. The van der Waals surface area contributed by atoms with Crippen molar-refractivity contribution in [3.05, 3.63) is 47.0 Å². The van der Waals surface area contributed by atoms with Crippen molar-refractivity contribution in [2.45, 2.75) is 31.1 Å². The first kappa shape index (κ1) is 19.5. The number of nitrogens with one attached hydrogen (secondary N) is 1. The van der Waals surface area contributed by atoms with Crippen LogP contribution in [0, 0.1) is 6.92 Å². The van der Waals surface area contributed by atoms with Gasteiger partial charge in [-0.1, -0.05) is 11.6 Å². The Labute approximate surface area is 164 Å². The van der Waals surface area contributed by atoms with E-state index in [4.69, 9.17) is 16.3 Å². The van der Waals surface area contributed by atoms with Crippen LogP contribution >= 0.6 is 11.6 Å². The number of piperidine rings is 1. The van der Waals surface area contributed by atoms with Gasteiger partial charge in [-0.05, 0) is 61.7 Å². The molecule has 6 nitrogen and oxygen atoms in total. The van der Waals surface area contributed by atoms with E-state index in [9.17, 15) is 13.2 Å². The minimum Gasteiger partial charge on any atom is -0.495 e. The number of nitrogens with zero attached hydrogens (tertiary/aromatic N) is 1. The van der Waals surface area contributed by atoms with Crippen molar-refractivity contribution in [1.82, 2.24) is 0 Å². The van der Waals surface area contributed by atoms with Gasteiger partial charge in [0.15, 0.2) is 0 Å². The van der Waals surface area contributed by atoms with Gasteiger partial charge in [-0.25, -0.2) is 8.42 Å². The number of sulfonamides is 1. The second kappa shape index (κ2) is 7.78. The highest BCUT2D eigenvalue weighted by Gasteiger charge is 2.22. The second-order valence-electron chi connectivity index (χ2n) is 6.41. The quantitative estimate of drug-likeness (QED) is 0.812. The van der Waals surface area contributed by atoms with Gasteiger partial charge in [0.1, 0.15) is 5.75 Å². The number of rotatable bonds is 5. The number of halogens is 1. The summed E-state index contributed by atoms with van der Waals surface area (Å²) in [5.41, 5.74) is 2.07. The highest BCUT2D eigenvalue weighted by molar-refractivity contribution is 7.92. The predicted molar refractivity (Wildman–Crippen MR) is 106 cm³/mol. The van der Waals surface area contributed by atoms with Crippen LogP contribution in [-0.4, -0.2) is 28.0 Å². The molecule has 0 spiro atoms. The number of aryl methyl sites for hydroxylation is 1. The van der Waals surface area contributed by atoms with Crippen molar-refractivity contribution in [3.63, 3.8) is 0 Å². The van der Waals surface area contributed by atoms with Crippen LogP contribution in [0.25, 0.3) is 0 Å². The zero-order valence-corrected chi connectivity index (χ0v) is 16.7. The SMILES string of the molecule is COc1ccc(S(=O)(=O)Nc2ccc(N3CCCCC3=O)c(C)c2)cc1Cl. The van der Waals surface area contributed by atoms with Crippen LogP contribution in [0.2, 0.25) is 5.02 Å². The molecule has 0 atom stereocenters. The summed E-state index contributed by atoms with van der Waals surface area (Å²) in [5.74, 6) is 0.507. The van der Waals surface area contributed by atoms with E-state index in [1.807, 2.05) is 6.92 Å². The van der Waals surface area contributed by atoms with Gasteiger partial charge in [-0.15, -0.1) is 0 Å². The van der Waals surface area contributed by atoms with E-state index in [1.165, 1.54) is 25.3 Å². The summed E-state index contributed by atoms with van der Waals surface area (Å²) >= 11 is 6.03. The Morgan fingerprint density at radius 3 is 2.56 bits per heavy atom. The van der Waals surface area contributed by atoms with E-state index in [-0.39, 0.29) is 15.8 Å². The average Bonchev–Trinajstić information content (AvgIpc) is 2.62. The lowest BCUT2D eigenvalue weighted by molar-refractivity contribution is -0.119. The molecule has 1 aliphatic rings. The molecule has 144 valence electrons. The molecule has 0 bridgehead atoms. The molecular weight excluding hydrogens is 388 g/mol. The van der Waals surface area contributed by atoms with Crippen molar-refractivity contribution in [1.29, 1.82) is 0 Å². The fraction of sp³-hybridized carbons (Fsp3) is 0.316. The summed E-state index contributed by atoms with van der Waals surface area (Å²) in [6, 6.07) is 9.44. The Bertz CT molecular complexity index is 976.